The van der Waals surface area contributed by atoms with Crippen LogP contribution in [0.15, 0.2) is 49.6 Å². The number of imide groups is 2. The van der Waals surface area contributed by atoms with Gasteiger partial charge in [0.2, 0.25) is 0 Å². The van der Waals surface area contributed by atoms with Gasteiger partial charge in [-0.25, -0.2) is 19.4 Å². The lowest BCUT2D eigenvalue weighted by atomic mass is 9.86. The molecule has 2 aliphatic rings. The van der Waals surface area contributed by atoms with Crippen molar-refractivity contribution in [3.05, 3.63) is 71.8 Å². The molecule has 0 saturated heterocycles. The van der Waals surface area contributed by atoms with E-state index in [0.29, 0.717) is 0 Å². The van der Waals surface area contributed by atoms with E-state index in [1.54, 1.807) is 0 Å². The number of ether oxygens (including phenoxy) is 2. The first-order valence-corrected chi connectivity index (χ1v) is 9.20. The summed E-state index contributed by atoms with van der Waals surface area (Å²) in [5.41, 5.74) is 0.285. The van der Waals surface area contributed by atoms with E-state index in [0.717, 1.165) is 22.0 Å². The Balaban J connectivity index is 1.80. The third-order valence-corrected chi connectivity index (χ3v) is 5.07. The number of hydrogen-bond donors (Lipinski definition) is 0. The Bertz CT molecular complexity index is 1120. The highest BCUT2D eigenvalue weighted by Crippen LogP contribution is 2.37. The minimum atomic E-state index is -0.810. The van der Waals surface area contributed by atoms with Crippen LogP contribution < -0.4 is 0 Å². The number of carbonyl (C=O) groups is 6. The first kappa shape index (κ1) is 20.7. The van der Waals surface area contributed by atoms with Crippen molar-refractivity contribution in [1.82, 2.24) is 9.80 Å². The number of esters is 2. The molecule has 10 heteroatoms. The zero-order chi connectivity index (χ0) is 23.2. The summed E-state index contributed by atoms with van der Waals surface area (Å²) in [5, 5.41) is 0.316. The standard InChI is InChI=1S/C22H14N2O8/c1-3-15(25)31-9-23-19(27)11-5-7-13-18-14(8-6-12(17(11)18)20(23)28)22(30)24(21(13)29)10-32-16(26)4-2/h3-8H,1-2,9-10H2. The maximum Gasteiger partial charge on any atom is 0.331 e. The van der Waals surface area contributed by atoms with E-state index in [9.17, 15) is 28.8 Å². The summed E-state index contributed by atoms with van der Waals surface area (Å²) >= 11 is 0. The molecular weight excluding hydrogens is 420 g/mol. The van der Waals surface area contributed by atoms with Gasteiger partial charge in [-0.05, 0) is 24.3 Å². The molecule has 0 aromatic heterocycles. The molecule has 160 valence electrons. The zero-order valence-corrected chi connectivity index (χ0v) is 16.5. The molecule has 0 aliphatic carbocycles. The molecule has 0 spiro atoms. The molecule has 0 fully saturated rings. The molecule has 2 aromatic rings. The highest BCUT2D eigenvalue weighted by Gasteiger charge is 2.40. The molecule has 10 nitrogen and oxygen atoms in total. The zero-order valence-electron chi connectivity index (χ0n) is 16.5. The van der Waals surface area contributed by atoms with Gasteiger partial charge < -0.3 is 9.47 Å². The number of nitrogens with zero attached hydrogens (tertiary/aromatic N) is 2. The lowest BCUT2D eigenvalue weighted by Gasteiger charge is -2.31. The summed E-state index contributed by atoms with van der Waals surface area (Å²) < 4.78 is 9.66. The normalized spacial score (nSPS) is 14.5. The van der Waals surface area contributed by atoms with E-state index in [4.69, 9.17) is 9.47 Å². The number of amides is 4. The summed E-state index contributed by atoms with van der Waals surface area (Å²) in [7, 11) is 0. The summed E-state index contributed by atoms with van der Waals surface area (Å²) in [6, 6.07) is 5.40. The third-order valence-electron chi connectivity index (χ3n) is 5.07. The smallest absolute Gasteiger partial charge is 0.331 e. The Hall–Kier alpha value is -4.60. The van der Waals surface area contributed by atoms with Gasteiger partial charge in [0.1, 0.15) is 0 Å². The van der Waals surface area contributed by atoms with Gasteiger partial charge in [0.05, 0.1) is 0 Å². The second kappa shape index (κ2) is 7.58. The minimum absolute atomic E-state index is 0.0713. The molecule has 0 bridgehead atoms. The van der Waals surface area contributed by atoms with Gasteiger partial charge in [0, 0.05) is 45.2 Å². The lowest BCUT2D eigenvalue weighted by molar-refractivity contribution is -0.141. The quantitative estimate of drug-likeness (QED) is 0.379. The Kier molecular flexibility index (Phi) is 4.90. The summed E-state index contributed by atoms with van der Waals surface area (Å²) in [5.74, 6) is -4.60. The van der Waals surface area contributed by atoms with Gasteiger partial charge in [-0.2, -0.15) is 0 Å². The molecular formula is C22H14N2O8. The van der Waals surface area contributed by atoms with Gasteiger partial charge in [0.15, 0.2) is 13.5 Å². The van der Waals surface area contributed by atoms with Crippen molar-refractivity contribution in [2.45, 2.75) is 0 Å². The third kappa shape index (κ3) is 2.97. The molecule has 0 N–H and O–H groups in total. The first-order chi connectivity index (χ1) is 15.3. The minimum Gasteiger partial charge on any atom is -0.441 e. The fraction of sp³-hybridized carbons (Fsp3) is 0.0909. The van der Waals surface area contributed by atoms with E-state index < -0.39 is 49.0 Å². The highest BCUT2D eigenvalue weighted by atomic mass is 16.5. The van der Waals surface area contributed by atoms with Crippen LogP contribution in [0.5, 0.6) is 0 Å². The molecule has 0 radical (unpaired) electrons. The molecule has 2 heterocycles. The summed E-state index contributed by atoms with van der Waals surface area (Å²) in [4.78, 5) is 75.9. The molecule has 2 aliphatic heterocycles. The second-order valence-corrected chi connectivity index (χ2v) is 6.74. The Morgan fingerprint density at radius 3 is 1.19 bits per heavy atom. The monoisotopic (exact) mass is 434 g/mol. The van der Waals surface area contributed by atoms with Crippen molar-refractivity contribution < 1.29 is 38.2 Å². The maximum absolute atomic E-state index is 12.9. The average Bonchev–Trinajstić information content (AvgIpc) is 2.80. The molecule has 0 atom stereocenters. The van der Waals surface area contributed by atoms with E-state index in [-0.39, 0.29) is 33.0 Å². The molecule has 0 unspecified atom stereocenters. The molecule has 4 rings (SSSR count). The Morgan fingerprint density at radius 1 is 0.656 bits per heavy atom. The van der Waals surface area contributed by atoms with E-state index >= 15 is 0 Å². The van der Waals surface area contributed by atoms with Gasteiger partial charge in [-0.3, -0.25) is 19.2 Å². The second-order valence-electron chi connectivity index (χ2n) is 6.74. The molecule has 2 aromatic carbocycles. The molecule has 0 saturated carbocycles. The van der Waals surface area contributed by atoms with Gasteiger partial charge >= 0.3 is 11.9 Å². The van der Waals surface area contributed by atoms with Gasteiger partial charge in [-0.1, -0.05) is 13.2 Å². The summed E-state index contributed by atoms with van der Waals surface area (Å²) in [6.45, 7) is 5.26. The fourth-order valence-electron chi connectivity index (χ4n) is 3.58. The van der Waals surface area contributed by atoms with Crippen molar-refractivity contribution in [3.63, 3.8) is 0 Å². The predicted molar refractivity (Wildman–Crippen MR) is 107 cm³/mol. The van der Waals surface area contributed by atoms with Crippen LogP contribution in [0.1, 0.15) is 41.4 Å². The van der Waals surface area contributed by atoms with Crippen LogP contribution >= 0.6 is 0 Å². The first-order valence-electron chi connectivity index (χ1n) is 9.20. The number of hydrogen-bond acceptors (Lipinski definition) is 8. The van der Waals surface area contributed by atoms with Gasteiger partial charge in [-0.15, -0.1) is 0 Å². The maximum atomic E-state index is 12.9. The molecule has 4 amide bonds. The summed E-state index contributed by atoms with van der Waals surface area (Å²) in [6.07, 6.45) is 1.79. The van der Waals surface area contributed by atoms with Crippen molar-refractivity contribution in [3.8, 4) is 0 Å². The number of rotatable bonds is 6. The lowest BCUT2D eigenvalue weighted by Crippen LogP contribution is -2.44. The number of benzene rings is 2. The Morgan fingerprint density at radius 2 is 0.938 bits per heavy atom. The van der Waals surface area contributed by atoms with Crippen molar-refractivity contribution in [2.75, 3.05) is 13.5 Å². The van der Waals surface area contributed by atoms with Gasteiger partial charge in [0.25, 0.3) is 23.6 Å². The highest BCUT2D eigenvalue weighted by molar-refractivity contribution is 6.33. The van der Waals surface area contributed by atoms with E-state index in [1.807, 2.05) is 0 Å². The van der Waals surface area contributed by atoms with Crippen LogP contribution in [-0.2, 0) is 19.1 Å². The van der Waals surface area contributed by atoms with Crippen LogP contribution in [0.4, 0.5) is 0 Å². The largest absolute Gasteiger partial charge is 0.441 e. The van der Waals surface area contributed by atoms with Crippen LogP contribution in [0, 0.1) is 0 Å². The van der Waals surface area contributed by atoms with Crippen molar-refractivity contribution >= 4 is 46.3 Å². The van der Waals surface area contributed by atoms with E-state index in [2.05, 4.69) is 13.2 Å². The number of carbonyl (C=O) groups excluding carboxylic acids is 6. The molecule has 32 heavy (non-hydrogen) atoms. The average molecular weight is 434 g/mol. The fourth-order valence-corrected chi connectivity index (χ4v) is 3.58. The van der Waals surface area contributed by atoms with Crippen LogP contribution in [0.25, 0.3) is 10.8 Å². The SMILES string of the molecule is C=CC(=O)OCN1C(=O)c2ccc3c4c(ccc(c24)C1=O)C(=O)N(COC(=O)C=C)C3=O. The van der Waals surface area contributed by atoms with Crippen LogP contribution in [-0.4, -0.2) is 58.8 Å². The van der Waals surface area contributed by atoms with Crippen LogP contribution in [0.3, 0.4) is 0 Å². The predicted octanol–water partition coefficient (Wildman–Crippen LogP) is 1.41. The van der Waals surface area contributed by atoms with Crippen molar-refractivity contribution in [2.24, 2.45) is 0 Å². The Labute approximate surface area is 180 Å². The van der Waals surface area contributed by atoms with Crippen LogP contribution in [0.2, 0.25) is 0 Å². The van der Waals surface area contributed by atoms with E-state index in [1.165, 1.54) is 24.3 Å². The topological polar surface area (TPSA) is 127 Å². The van der Waals surface area contributed by atoms with Crippen molar-refractivity contribution in [1.29, 1.82) is 0 Å².